The first-order valence-corrected chi connectivity index (χ1v) is 2.79. The molecule has 0 aromatic rings. The predicted molar refractivity (Wildman–Crippen MR) is 33.4 cm³/mol. The van der Waals surface area contributed by atoms with E-state index in [1.165, 1.54) is 0 Å². The summed E-state index contributed by atoms with van der Waals surface area (Å²) in [5, 5.41) is 0. The number of rotatable bonds is 1. The summed E-state index contributed by atoms with van der Waals surface area (Å²) in [6, 6.07) is 0. The Morgan fingerprint density at radius 1 is 1.40 bits per heavy atom. The van der Waals surface area contributed by atoms with Gasteiger partial charge in [0, 0.05) is 0 Å². The molecule has 0 amide bonds. The summed E-state index contributed by atoms with van der Waals surface area (Å²) in [5.74, 6) is 0. The molecular formula is C6H10O4. The van der Waals surface area contributed by atoms with E-state index in [1.54, 1.807) is 20.8 Å². The Hall–Kier alpha value is -1.06. The number of hydrogen-bond acceptors (Lipinski definition) is 4. The van der Waals surface area contributed by atoms with Crippen LogP contribution in [0.2, 0.25) is 0 Å². The lowest BCUT2D eigenvalue weighted by Gasteiger charge is -2.16. The minimum Gasteiger partial charge on any atom is -0.428 e. The van der Waals surface area contributed by atoms with E-state index in [2.05, 4.69) is 9.47 Å². The van der Waals surface area contributed by atoms with Gasteiger partial charge in [-0.3, -0.25) is 4.79 Å². The quantitative estimate of drug-likeness (QED) is 0.315. The first-order chi connectivity index (χ1) is 4.45. The summed E-state index contributed by atoms with van der Waals surface area (Å²) in [5.41, 5.74) is -0.611. The fourth-order valence-corrected chi connectivity index (χ4v) is 0.313. The molecule has 0 N–H and O–H groups in total. The lowest BCUT2D eigenvalue weighted by atomic mass is 10.2. The van der Waals surface area contributed by atoms with Crippen molar-refractivity contribution >= 4 is 12.6 Å². The van der Waals surface area contributed by atoms with Crippen LogP contribution in [0.15, 0.2) is 0 Å². The lowest BCUT2D eigenvalue weighted by molar-refractivity contribution is -0.127. The fourth-order valence-electron chi connectivity index (χ4n) is 0.313. The Labute approximate surface area is 59.1 Å². The topological polar surface area (TPSA) is 52.6 Å². The van der Waals surface area contributed by atoms with E-state index in [1.807, 2.05) is 0 Å². The minimum atomic E-state index is -0.970. The van der Waals surface area contributed by atoms with E-state index in [4.69, 9.17) is 0 Å². The maximum Gasteiger partial charge on any atom is 0.516 e. The van der Waals surface area contributed by atoms with Gasteiger partial charge in [-0.1, -0.05) is 0 Å². The van der Waals surface area contributed by atoms with E-state index in [9.17, 15) is 9.59 Å². The van der Waals surface area contributed by atoms with Crippen molar-refractivity contribution in [3.05, 3.63) is 0 Å². The molecule has 0 aliphatic heterocycles. The summed E-state index contributed by atoms with van der Waals surface area (Å²) in [7, 11) is 0. The molecule has 0 rings (SSSR count). The zero-order chi connectivity index (χ0) is 8.20. The van der Waals surface area contributed by atoms with Gasteiger partial charge in [0.2, 0.25) is 0 Å². The summed E-state index contributed by atoms with van der Waals surface area (Å²) in [6.45, 7) is 5.07. The third-order valence-corrected chi connectivity index (χ3v) is 0.534. The van der Waals surface area contributed by atoms with Crippen LogP contribution >= 0.6 is 0 Å². The van der Waals surface area contributed by atoms with Crippen molar-refractivity contribution in [1.82, 2.24) is 0 Å². The highest BCUT2D eigenvalue weighted by molar-refractivity contribution is 5.69. The Bertz CT molecular complexity index is 133. The van der Waals surface area contributed by atoms with Crippen molar-refractivity contribution in [2.45, 2.75) is 26.4 Å². The molecule has 0 aromatic carbocycles. The van der Waals surface area contributed by atoms with Crippen LogP contribution in [0, 0.1) is 0 Å². The molecular weight excluding hydrogens is 136 g/mol. The van der Waals surface area contributed by atoms with Gasteiger partial charge in [0.25, 0.3) is 0 Å². The maximum atomic E-state index is 10.4. The summed E-state index contributed by atoms with van der Waals surface area (Å²) in [4.78, 5) is 20.0. The van der Waals surface area contributed by atoms with E-state index >= 15 is 0 Å². The molecule has 58 valence electrons. The molecule has 0 aliphatic rings. The van der Waals surface area contributed by atoms with Gasteiger partial charge in [-0.05, 0) is 20.8 Å². The highest BCUT2D eigenvalue weighted by Crippen LogP contribution is 2.07. The molecule has 0 aromatic heterocycles. The molecule has 0 saturated heterocycles. The van der Waals surface area contributed by atoms with Gasteiger partial charge in [0.15, 0.2) is 0 Å². The SMILES string of the molecule is CC(C)(C)OC(=O)OC=O. The van der Waals surface area contributed by atoms with Crippen LogP contribution in [0.1, 0.15) is 20.8 Å². The molecule has 0 fully saturated rings. The smallest absolute Gasteiger partial charge is 0.428 e. The van der Waals surface area contributed by atoms with E-state index < -0.39 is 11.8 Å². The van der Waals surface area contributed by atoms with Crippen molar-refractivity contribution in [2.24, 2.45) is 0 Å². The Morgan fingerprint density at radius 2 is 1.90 bits per heavy atom. The molecule has 4 nitrogen and oxygen atoms in total. The summed E-state index contributed by atoms with van der Waals surface area (Å²) < 4.78 is 8.46. The van der Waals surface area contributed by atoms with Gasteiger partial charge in [-0.2, -0.15) is 0 Å². The summed E-state index contributed by atoms with van der Waals surface area (Å²) >= 11 is 0. The average Bonchev–Trinajstić information content (AvgIpc) is 1.59. The third kappa shape index (κ3) is 5.08. The number of ether oxygens (including phenoxy) is 2. The van der Waals surface area contributed by atoms with Crippen LogP contribution in [0.25, 0.3) is 0 Å². The van der Waals surface area contributed by atoms with Crippen molar-refractivity contribution in [3.8, 4) is 0 Å². The van der Waals surface area contributed by atoms with Crippen LogP contribution in [-0.2, 0) is 14.3 Å². The van der Waals surface area contributed by atoms with Gasteiger partial charge < -0.3 is 9.47 Å². The summed E-state index contributed by atoms with van der Waals surface area (Å²) in [6.07, 6.45) is -0.970. The monoisotopic (exact) mass is 146 g/mol. The second kappa shape index (κ2) is 3.20. The van der Waals surface area contributed by atoms with Crippen molar-refractivity contribution in [3.63, 3.8) is 0 Å². The van der Waals surface area contributed by atoms with Gasteiger partial charge in [-0.25, -0.2) is 4.79 Å². The lowest BCUT2D eigenvalue weighted by Crippen LogP contribution is -2.24. The molecule has 0 bridgehead atoms. The Morgan fingerprint density at radius 3 is 2.20 bits per heavy atom. The van der Waals surface area contributed by atoms with Gasteiger partial charge in [-0.15, -0.1) is 0 Å². The van der Waals surface area contributed by atoms with Crippen LogP contribution in [-0.4, -0.2) is 18.2 Å². The molecule has 0 spiro atoms. The molecule has 10 heavy (non-hydrogen) atoms. The van der Waals surface area contributed by atoms with Gasteiger partial charge in [0.05, 0.1) is 0 Å². The fraction of sp³-hybridized carbons (Fsp3) is 0.667. The second-order valence-electron chi connectivity index (χ2n) is 2.68. The van der Waals surface area contributed by atoms with Crippen molar-refractivity contribution < 1.29 is 19.1 Å². The van der Waals surface area contributed by atoms with Gasteiger partial charge in [0.1, 0.15) is 5.60 Å². The molecule has 4 heteroatoms. The first kappa shape index (κ1) is 8.94. The van der Waals surface area contributed by atoms with E-state index in [0.29, 0.717) is 0 Å². The van der Waals surface area contributed by atoms with Crippen LogP contribution < -0.4 is 0 Å². The molecule has 0 saturated carbocycles. The highest BCUT2D eigenvalue weighted by Gasteiger charge is 2.16. The number of carbonyl (C=O) groups excluding carboxylic acids is 2. The molecule has 0 aliphatic carbocycles. The normalized spacial score (nSPS) is 10.3. The second-order valence-corrected chi connectivity index (χ2v) is 2.68. The average molecular weight is 146 g/mol. The molecule has 0 radical (unpaired) electrons. The van der Waals surface area contributed by atoms with Crippen molar-refractivity contribution in [2.75, 3.05) is 0 Å². The Balaban J connectivity index is 3.68. The zero-order valence-electron chi connectivity index (χ0n) is 6.21. The first-order valence-electron chi connectivity index (χ1n) is 2.79. The Kier molecular flexibility index (Phi) is 2.86. The highest BCUT2D eigenvalue weighted by atomic mass is 16.7. The largest absolute Gasteiger partial charge is 0.516 e. The van der Waals surface area contributed by atoms with E-state index in [0.717, 1.165) is 0 Å². The number of carbonyl (C=O) groups is 2. The standard InChI is InChI=1S/C6H10O4/c1-6(2,3)10-5(8)9-4-7/h4H,1-3H3. The number of hydrogen-bond donors (Lipinski definition) is 0. The van der Waals surface area contributed by atoms with Crippen LogP contribution in [0.4, 0.5) is 4.79 Å². The van der Waals surface area contributed by atoms with Gasteiger partial charge >= 0.3 is 12.6 Å². The maximum absolute atomic E-state index is 10.4. The van der Waals surface area contributed by atoms with Crippen molar-refractivity contribution in [1.29, 1.82) is 0 Å². The predicted octanol–water partition coefficient (Wildman–Crippen LogP) is 1.09. The third-order valence-electron chi connectivity index (χ3n) is 0.534. The molecule has 0 heterocycles. The zero-order valence-corrected chi connectivity index (χ0v) is 6.21. The van der Waals surface area contributed by atoms with Crippen LogP contribution in [0.5, 0.6) is 0 Å². The van der Waals surface area contributed by atoms with Crippen LogP contribution in [0.3, 0.4) is 0 Å². The molecule has 0 unspecified atom stereocenters. The minimum absolute atomic E-state index is 0.0358. The van der Waals surface area contributed by atoms with E-state index in [-0.39, 0.29) is 6.47 Å². The molecule has 0 atom stereocenters.